The summed E-state index contributed by atoms with van der Waals surface area (Å²) in [5.74, 6) is 1.59. The van der Waals surface area contributed by atoms with Gasteiger partial charge in [0.1, 0.15) is 17.1 Å². The molecule has 0 spiro atoms. The zero-order chi connectivity index (χ0) is 11.8. The molecule has 1 aliphatic rings. The largest absolute Gasteiger partial charge is 0.461 e. The average molecular weight is 249 g/mol. The van der Waals surface area contributed by atoms with E-state index < -0.39 is 0 Å². The van der Waals surface area contributed by atoms with Crippen molar-refractivity contribution in [3.8, 4) is 0 Å². The van der Waals surface area contributed by atoms with Crippen LogP contribution in [-0.4, -0.2) is 5.78 Å². The summed E-state index contributed by atoms with van der Waals surface area (Å²) < 4.78 is 5.66. The van der Waals surface area contributed by atoms with Crippen molar-refractivity contribution in [1.82, 2.24) is 0 Å². The number of aryl methyl sites for hydroxylation is 1. The van der Waals surface area contributed by atoms with Crippen LogP contribution in [0.25, 0.3) is 11.0 Å². The number of furan rings is 1. The van der Waals surface area contributed by atoms with E-state index in [1.165, 1.54) is 0 Å². The molecule has 0 atom stereocenters. The van der Waals surface area contributed by atoms with Crippen molar-refractivity contribution in [3.63, 3.8) is 0 Å². The van der Waals surface area contributed by atoms with Gasteiger partial charge in [-0.05, 0) is 37.1 Å². The van der Waals surface area contributed by atoms with Gasteiger partial charge in [0.05, 0.1) is 0 Å². The molecule has 0 saturated heterocycles. The zero-order valence-corrected chi connectivity index (χ0v) is 10.2. The summed E-state index contributed by atoms with van der Waals surface area (Å²) in [7, 11) is 0. The zero-order valence-electron chi connectivity index (χ0n) is 9.41. The number of Topliss-reactive ketones (excluding diaryl/α,β-unsaturated/α-hetero) is 1. The number of hydrogen-bond donors (Lipinski definition) is 0. The quantitative estimate of drug-likeness (QED) is 0.819. The summed E-state index contributed by atoms with van der Waals surface area (Å²) in [6.07, 6.45) is 3.45. The number of ketones is 1. The van der Waals surface area contributed by atoms with Gasteiger partial charge in [0.25, 0.3) is 0 Å². The van der Waals surface area contributed by atoms with Crippen molar-refractivity contribution in [2.24, 2.45) is 5.92 Å². The first-order valence-corrected chi connectivity index (χ1v) is 6.31. The van der Waals surface area contributed by atoms with Gasteiger partial charge in [0.2, 0.25) is 0 Å². The molecule has 3 heteroatoms. The van der Waals surface area contributed by atoms with Crippen LogP contribution < -0.4 is 0 Å². The highest BCUT2D eigenvalue weighted by molar-refractivity contribution is 6.31. The van der Waals surface area contributed by atoms with E-state index in [9.17, 15) is 4.79 Å². The summed E-state index contributed by atoms with van der Waals surface area (Å²) in [6, 6.07) is 7.53. The van der Waals surface area contributed by atoms with Gasteiger partial charge in [-0.25, -0.2) is 0 Å². The molecular weight excluding hydrogens is 236 g/mol. The summed E-state index contributed by atoms with van der Waals surface area (Å²) in [4.78, 5) is 11.6. The van der Waals surface area contributed by atoms with E-state index in [4.69, 9.17) is 16.0 Å². The third-order valence-electron chi connectivity index (χ3n) is 3.18. The smallest absolute Gasteiger partial charge is 0.136 e. The van der Waals surface area contributed by atoms with Crippen LogP contribution in [0, 0.1) is 5.92 Å². The Morgan fingerprint density at radius 2 is 2.18 bits per heavy atom. The topological polar surface area (TPSA) is 30.2 Å². The maximum atomic E-state index is 11.6. The molecule has 0 N–H and O–H groups in total. The van der Waals surface area contributed by atoms with E-state index in [2.05, 4.69) is 0 Å². The van der Waals surface area contributed by atoms with Gasteiger partial charge in [-0.1, -0.05) is 11.6 Å². The molecule has 1 fully saturated rings. The Morgan fingerprint density at radius 1 is 1.35 bits per heavy atom. The van der Waals surface area contributed by atoms with Crippen LogP contribution in [0.15, 0.2) is 28.7 Å². The maximum Gasteiger partial charge on any atom is 0.136 e. The first-order chi connectivity index (χ1) is 8.22. The molecule has 0 amide bonds. The predicted molar refractivity (Wildman–Crippen MR) is 67.3 cm³/mol. The molecule has 0 radical (unpaired) electrons. The fraction of sp³-hybridized carbons (Fsp3) is 0.357. The van der Waals surface area contributed by atoms with Crippen molar-refractivity contribution in [2.75, 3.05) is 0 Å². The number of carbonyl (C=O) groups excluding carboxylic acids is 1. The first-order valence-electron chi connectivity index (χ1n) is 5.93. The number of benzene rings is 1. The Morgan fingerprint density at radius 3 is 2.94 bits per heavy atom. The highest BCUT2D eigenvalue weighted by Crippen LogP contribution is 2.31. The predicted octanol–water partition coefficient (Wildman–Crippen LogP) is 4.00. The molecule has 0 aliphatic heterocycles. The van der Waals surface area contributed by atoms with Gasteiger partial charge in [0, 0.05) is 29.2 Å². The Hall–Kier alpha value is -1.28. The summed E-state index contributed by atoms with van der Waals surface area (Å²) in [5, 5.41) is 1.71. The molecule has 0 bridgehead atoms. The third-order valence-corrected chi connectivity index (χ3v) is 3.41. The molecule has 3 rings (SSSR count). The summed E-state index contributed by atoms with van der Waals surface area (Å²) >= 11 is 5.91. The third kappa shape index (κ3) is 2.37. The molecule has 2 aromatic rings. The van der Waals surface area contributed by atoms with Crippen LogP contribution >= 0.6 is 11.6 Å². The van der Waals surface area contributed by atoms with E-state index in [0.717, 1.165) is 29.6 Å². The van der Waals surface area contributed by atoms with Crippen molar-refractivity contribution >= 4 is 28.4 Å². The molecule has 1 aliphatic carbocycles. The Kier molecular flexibility index (Phi) is 2.67. The monoisotopic (exact) mass is 248 g/mol. The van der Waals surface area contributed by atoms with Gasteiger partial charge in [-0.3, -0.25) is 4.79 Å². The van der Waals surface area contributed by atoms with Gasteiger partial charge < -0.3 is 4.42 Å². The van der Waals surface area contributed by atoms with Crippen LogP contribution in [0.5, 0.6) is 0 Å². The van der Waals surface area contributed by atoms with Crippen molar-refractivity contribution in [1.29, 1.82) is 0 Å². The molecule has 88 valence electrons. The van der Waals surface area contributed by atoms with Crippen molar-refractivity contribution in [3.05, 3.63) is 35.0 Å². The first kappa shape index (κ1) is 10.8. The standard InChI is InChI=1S/C14H13ClO2/c15-11-3-6-14-10(7-11)8-12(17-14)4-5-13(16)9-1-2-9/h3,6-9H,1-2,4-5H2. The fourth-order valence-corrected chi connectivity index (χ4v) is 2.23. The minimum atomic E-state index is 0.342. The van der Waals surface area contributed by atoms with E-state index in [-0.39, 0.29) is 0 Å². The molecule has 1 aromatic heterocycles. The van der Waals surface area contributed by atoms with E-state index in [1.807, 2.05) is 24.3 Å². The average Bonchev–Trinajstić information content (AvgIpc) is 3.07. The van der Waals surface area contributed by atoms with Crippen LogP contribution in [0.4, 0.5) is 0 Å². The van der Waals surface area contributed by atoms with Crippen LogP contribution in [-0.2, 0) is 11.2 Å². The molecule has 0 unspecified atom stereocenters. The molecule has 2 nitrogen and oxygen atoms in total. The molecule has 1 saturated carbocycles. The summed E-state index contributed by atoms with van der Waals surface area (Å²) in [6.45, 7) is 0. The lowest BCUT2D eigenvalue weighted by Crippen LogP contribution is -2.01. The second-order valence-electron chi connectivity index (χ2n) is 4.64. The van der Waals surface area contributed by atoms with Crippen LogP contribution in [0.3, 0.4) is 0 Å². The molecule has 1 heterocycles. The van der Waals surface area contributed by atoms with Crippen LogP contribution in [0.1, 0.15) is 25.0 Å². The number of rotatable bonds is 4. The molecule has 1 aromatic carbocycles. The minimum Gasteiger partial charge on any atom is -0.461 e. The molecule has 17 heavy (non-hydrogen) atoms. The lowest BCUT2D eigenvalue weighted by Gasteiger charge is -1.95. The SMILES string of the molecule is O=C(CCc1cc2cc(Cl)ccc2o1)C1CC1. The lowest BCUT2D eigenvalue weighted by atomic mass is 10.1. The van der Waals surface area contributed by atoms with Crippen LogP contribution in [0.2, 0.25) is 5.02 Å². The van der Waals surface area contributed by atoms with E-state index in [1.54, 1.807) is 0 Å². The normalized spacial score (nSPS) is 15.4. The second-order valence-corrected chi connectivity index (χ2v) is 5.07. The summed E-state index contributed by atoms with van der Waals surface area (Å²) in [5.41, 5.74) is 0.836. The number of carbonyl (C=O) groups is 1. The van der Waals surface area contributed by atoms with Crippen molar-refractivity contribution < 1.29 is 9.21 Å². The molecular formula is C14H13ClO2. The Bertz CT molecular complexity index is 567. The Balaban J connectivity index is 1.74. The van der Waals surface area contributed by atoms with E-state index in [0.29, 0.717) is 29.6 Å². The highest BCUT2D eigenvalue weighted by atomic mass is 35.5. The van der Waals surface area contributed by atoms with Gasteiger partial charge in [0.15, 0.2) is 0 Å². The second kappa shape index (κ2) is 4.19. The van der Waals surface area contributed by atoms with E-state index >= 15 is 0 Å². The lowest BCUT2D eigenvalue weighted by molar-refractivity contribution is -0.120. The minimum absolute atomic E-state index is 0.342. The number of halogens is 1. The van der Waals surface area contributed by atoms with Gasteiger partial charge in [-0.15, -0.1) is 0 Å². The van der Waals surface area contributed by atoms with Crippen molar-refractivity contribution in [2.45, 2.75) is 25.7 Å². The number of hydrogen-bond acceptors (Lipinski definition) is 2. The van der Waals surface area contributed by atoms with Gasteiger partial charge in [-0.2, -0.15) is 0 Å². The highest BCUT2D eigenvalue weighted by Gasteiger charge is 2.28. The fourth-order valence-electron chi connectivity index (χ4n) is 2.05. The Labute approximate surface area is 105 Å². The maximum absolute atomic E-state index is 11.6. The number of fused-ring (bicyclic) bond motifs is 1. The van der Waals surface area contributed by atoms with Gasteiger partial charge >= 0.3 is 0 Å².